The summed E-state index contributed by atoms with van der Waals surface area (Å²) in [5.74, 6) is 0.759. The molecular formula is C12H20BrNS. The maximum atomic E-state index is 3.63. The molecule has 0 aliphatic rings. The molecule has 1 nitrogen and oxygen atoms in total. The summed E-state index contributed by atoms with van der Waals surface area (Å²) < 4.78 is 1.19. The fourth-order valence-corrected chi connectivity index (χ4v) is 3.30. The van der Waals surface area contributed by atoms with Crippen LogP contribution in [0.5, 0.6) is 0 Å². The van der Waals surface area contributed by atoms with Crippen molar-refractivity contribution in [2.24, 2.45) is 5.92 Å². The van der Waals surface area contributed by atoms with Gasteiger partial charge in [0.05, 0.1) is 0 Å². The summed E-state index contributed by atoms with van der Waals surface area (Å²) in [6.07, 6.45) is 1.23. The molecule has 15 heavy (non-hydrogen) atoms. The first kappa shape index (κ1) is 13.2. The third-order valence-corrected chi connectivity index (χ3v) is 4.25. The van der Waals surface area contributed by atoms with Gasteiger partial charge in [0, 0.05) is 26.8 Å². The van der Waals surface area contributed by atoms with Gasteiger partial charge in [0.1, 0.15) is 0 Å². The van der Waals surface area contributed by atoms with Crippen LogP contribution in [0.3, 0.4) is 0 Å². The molecule has 0 fully saturated rings. The lowest BCUT2D eigenvalue weighted by molar-refractivity contribution is 0.409. The third kappa shape index (κ3) is 4.66. The summed E-state index contributed by atoms with van der Waals surface area (Å²) in [4.78, 5) is 1.40. The van der Waals surface area contributed by atoms with E-state index in [1.54, 1.807) is 0 Å². The van der Waals surface area contributed by atoms with E-state index >= 15 is 0 Å². The third-order valence-electron chi connectivity index (χ3n) is 2.37. The van der Waals surface area contributed by atoms with Crippen LogP contribution in [-0.4, -0.2) is 6.04 Å². The number of rotatable bonds is 5. The van der Waals surface area contributed by atoms with Gasteiger partial charge < -0.3 is 5.32 Å². The Morgan fingerprint density at radius 2 is 2.00 bits per heavy atom. The molecule has 1 aromatic heterocycles. The highest BCUT2D eigenvalue weighted by molar-refractivity contribution is 9.10. The molecule has 0 saturated heterocycles. The molecule has 0 spiro atoms. The first-order valence-corrected chi connectivity index (χ1v) is 7.16. The predicted molar refractivity (Wildman–Crippen MR) is 72.5 cm³/mol. The Kier molecular flexibility index (Phi) is 5.30. The van der Waals surface area contributed by atoms with Crippen LogP contribution >= 0.6 is 27.3 Å². The number of thiophene rings is 1. The Balaban J connectivity index is 2.45. The summed E-state index contributed by atoms with van der Waals surface area (Å²) in [7, 11) is 0. The van der Waals surface area contributed by atoms with Gasteiger partial charge in [0.25, 0.3) is 0 Å². The fraction of sp³-hybridized carbons (Fsp3) is 0.667. The minimum absolute atomic E-state index is 0.454. The Bertz CT molecular complexity index is 296. The van der Waals surface area contributed by atoms with Crippen LogP contribution in [-0.2, 0) is 0 Å². The zero-order valence-corrected chi connectivity index (χ0v) is 12.3. The summed E-state index contributed by atoms with van der Waals surface area (Å²) in [6, 6.07) is 3.24. The predicted octanol–water partition coefficient (Wildman–Crippen LogP) is 4.60. The molecule has 1 N–H and O–H groups in total. The Labute approximate surface area is 105 Å². The van der Waals surface area contributed by atoms with Gasteiger partial charge in [-0.3, -0.25) is 0 Å². The second-order valence-electron chi connectivity index (χ2n) is 4.59. The van der Waals surface area contributed by atoms with E-state index in [0.717, 1.165) is 5.92 Å². The number of halogens is 1. The maximum absolute atomic E-state index is 3.63. The standard InChI is InChI=1S/C12H20BrNS/c1-8(2)5-9(3)14-10(4)12-6-11(13)7-15-12/h6-10,14H,5H2,1-4H3. The van der Waals surface area contributed by atoms with Crippen molar-refractivity contribution < 1.29 is 0 Å². The number of nitrogens with one attached hydrogen (secondary N) is 1. The Morgan fingerprint density at radius 1 is 1.33 bits per heavy atom. The molecule has 1 heterocycles. The highest BCUT2D eigenvalue weighted by Gasteiger charge is 2.12. The molecule has 0 saturated carbocycles. The number of hydrogen-bond acceptors (Lipinski definition) is 2. The Morgan fingerprint density at radius 3 is 2.47 bits per heavy atom. The molecule has 3 heteroatoms. The Hall–Kier alpha value is 0.140. The second-order valence-corrected chi connectivity index (χ2v) is 6.44. The zero-order valence-electron chi connectivity index (χ0n) is 9.88. The molecule has 2 unspecified atom stereocenters. The average Bonchev–Trinajstić information content (AvgIpc) is 2.49. The van der Waals surface area contributed by atoms with Crippen molar-refractivity contribution in [3.05, 3.63) is 20.8 Å². The molecule has 0 aliphatic carbocycles. The lowest BCUT2D eigenvalue weighted by Gasteiger charge is -2.20. The SMILES string of the molecule is CC(C)CC(C)NC(C)c1cc(Br)cs1. The van der Waals surface area contributed by atoms with Crippen molar-refractivity contribution in [3.63, 3.8) is 0 Å². The zero-order chi connectivity index (χ0) is 11.4. The van der Waals surface area contributed by atoms with Gasteiger partial charge in [-0.1, -0.05) is 13.8 Å². The van der Waals surface area contributed by atoms with Gasteiger partial charge in [0.2, 0.25) is 0 Å². The molecule has 0 aromatic carbocycles. The van der Waals surface area contributed by atoms with Crippen LogP contribution in [0.2, 0.25) is 0 Å². The van der Waals surface area contributed by atoms with Crippen LogP contribution in [0.1, 0.15) is 45.0 Å². The van der Waals surface area contributed by atoms with Gasteiger partial charge in [-0.25, -0.2) is 0 Å². The summed E-state index contributed by atoms with van der Waals surface area (Å²) in [5, 5.41) is 5.77. The van der Waals surface area contributed by atoms with Crippen LogP contribution in [0, 0.1) is 5.92 Å². The normalized spacial score (nSPS) is 15.6. The van der Waals surface area contributed by atoms with E-state index in [1.807, 2.05) is 11.3 Å². The second kappa shape index (κ2) is 6.02. The van der Waals surface area contributed by atoms with E-state index in [2.05, 4.69) is 60.4 Å². The van der Waals surface area contributed by atoms with Crippen molar-refractivity contribution in [3.8, 4) is 0 Å². The first-order valence-electron chi connectivity index (χ1n) is 5.49. The molecule has 0 amide bonds. The van der Waals surface area contributed by atoms with Gasteiger partial charge in [-0.2, -0.15) is 0 Å². The van der Waals surface area contributed by atoms with E-state index in [0.29, 0.717) is 12.1 Å². The van der Waals surface area contributed by atoms with Crippen molar-refractivity contribution in [1.82, 2.24) is 5.32 Å². The average molecular weight is 290 g/mol. The lowest BCUT2D eigenvalue weighted by atomic mass is 10.0. The first-order chi connectivity index (χ1) is 6.99. The molecule has 1 aromatic rings. The quantitative estimate of drug-likeness (QED) is 0.836. The molecule has 0 aliphatic heterocycles. The molecule has 86 valence electrons. The van der Waals surface area contributed by atoms with Crippen molar-refractivity contribution in [2.45, 2.75) is 46.2 Å². The van der Waals surface area contributed by atoms with E-state index in [9.17, 15) is 0 Å². The van der Waals surface area contributed by atoms with Crippen molar-refractivity contribution in [1.29, 1.82) is 0 Å². The van der Waals surface area contributed by atoms with E-state index in [4.69, 9.17) is 0 Å². The molecule has 0 radical (unpaired) electrons. The maximum Gasteiger partial charge on any atom is 0.0388 e. The van der Waals surface area contributed by atoms with Crippen LogP contribution < -0.4 is 5.32 Å². The smallest absolute Gasteiger partial charge is 0.0388 e. The molecule has 2 atom stereocenters. The van der Waals surface area contributed by atoms with Crippen LogP contribution in [0.25, 0.3) is 0 Å². The summed E-state index contributed by atoms with van der Waals surface area (Å²) >= 11 is 5.30. The molecule has 1 rings (SSSR count). The molecule has 0 bridgehead atoms. The topological polar surface area (TPSA) is 12.0 Å². The fourth-order valence-electron chi connectivity index (χ4n) is 1.84. The summed E-state index contributed by atoms with van der Waals surface area (Å²) in [6.45, 7) is 9.03. The minimum Gasteiger partial charge on any atom is -0.307 e. The monoisotopic (exact) mass is 289 g/mol. The van der Waals surface area contributed by atoms with Gasteiger partial charge >= 0.3 is 0 Å². The van der Waals surface area contributed by atoms with Crippen molar-refractivity contribution >= 4 is 27.3 Å². The number of hydrogen-bond donors (Lipinski definition) is 1. The van der Waals surface area contributed by atoms with E-state index < -0.39 is 0 Å². The van der Waals surface area contributed by atoms with E-state index in [-0.39, 0.29) is 0 Å². The van der Waals surface area contributed by atoms with Crippen molar-refractivity contribution in [2.75, 3.05) is 0 Å². The summed E-state index contributed by atoms with van der Waals surface area (Å²) in [5.41, 5.74) is 0. The highest BCUT2D eigenvalue weighted by Crippen LogP contribution is 2.25. The van der Waals surface area contributed by atoms with Crippen LogP contribution in [0.15, 0.2) is 15.9 Å². The minimum atomic E-state index is 0.454. The largest absolute Gasteiger partial charge is 0.307 e. The van der Waals surface area contributed by atoms with Gasteiger partial charge in [0.15, 0.2) is 0 Å². The highest BCUT2D eigenvalue weighted by atomic mass is 79.9. The lowest BCUT2D eigenvalue weighted by Crippen LogP contribution is -2.29. The molecular weight excluding hydrogens is 270 g/mol. The van der Waals surface area contributed by atoms with Gasteiger partial charge in [-0.05, 0) is 48.2 Å². The van der Waals surface area contributed by atoms with Crippen LogP contribution in [0.4, 0.5) is 0 Å². The van der Waals surface area contributed by atoms with Gasteiger partial charge in [-0.15, -0.1) is 11.3 Å². The van der Waals surface area contributed by atoms with E-state index in [1.165, 1.54) is 15.8 Å².